The van der Waals surface area contributed by atoms with Crippen molar-refractivity contribution in [2.75, 3.05) is 0 Å². The molecule has 1 aromatic rings. The van der Waals surface area contributed by atoms with Gasteiger partial charge in [-0.3, -0.25) is 4.79 Å². The molecule has 0 amide bonds. The second kappa shape index (κ2) is 4.44. The average Bonchev–Trinajstić information content (AvgIpc) is 2.58. The Morgan fingerprint density at radius 3 is 2.93 bits per heavy atom. The molecule has 1 aromatic carbocycles. The molecule has 3 heteroatoms. The van der Waals surface area contributed by atoms with E-state index in [0.29, 0.717) is 18.6 Å². The van der Waals surface area contributed by atoms with Crippen molar-refractivity contribution in [1.82, 2.24) is 0 Å². The van der Waals surface area contributed by atoms with E-state index < -0.39 is 0 Å². The highest BCUT2D eigenvalue weighted by molar-refractivity contribution is 9.10. The fourth-order valence-electron chi connectivity index (χ4n) is 2.07. The third-order valence-corrected chi connectivity index (χ3v) is 3.68. The molecule has 0 spiro atoms. The number of hydrogen-bond donors (Lipinski definition) is 0. The molecule has 1 saturated carbocycles. The van der Waals surface area contributed by atoms with Crippen LogP contribution in [-0.2, 0) is 11.2 Å². The Hall–Kier alpha value is -0.700. The number of carbonyl (C=O) groups excluding carboxylic acids is 1. The van der Waals surface area contributed by atoms with Gasteiger partial charge in [-0.05, 0) is 43.0 Å². The van der Waals surface area contributed by atoms with Gasteiger partial charge in [0.05, 0.1) is 0 Å². The third kappa shape index (κ3) is 2.46. The van der Waals surface area contributed by atoms with Gasteiger partial charge in [-0.25, -0.2) is 4.39 Å². The summed E-state index contributed by atoms with van der Waals surface area (Å²) in [5.41, 5.74) is 0.898. The molecule has 80 valence electrons. The molecule has 1 aliphatic carbocycles. The highest BCUT2D eigenvalue weighted by Crippen LogP contribution is 2.28. The van der Waals surface area contributed by atoms with Crippen LogP contribution in [0.15, 0.2) is 22.7 Å². The maximum absolute atomic E-state index is 13.0. The maximum Gasteiger partial charge on any atom is 0.136 e. The topological polar surface area (TPSA) is 17.1 Å². The molecule has 1 fully saturated rings. The van der Waals surface area contributed by atoms with Gasteiger partial charge in [0, 0.05) is 16.8 Å². The molecule has 15 heavy (non-hydrogen) atoms. The van der Waals surface area contributed by atoms with Gasteiger partial charge in [-0.1, -0.05) is 15.9 Å². The van der Waals surface area contributed by atoms with E-state index in [2.05, 4.69) is 15.9 Å². The monoisotopic (exact) mass is 270 g/mol. The number of carbonyl (C=O) groups is 1. The van der Waals surface area contributed by atoms with Crippen LogP contribution in [0.1, 0.15) is 24.8 Å². The van der Waals surface area contributed by atoms with Crippen LogP contribution < -0.4 is 0 Å². The predicted molar refractivity (Wildman–Crippen MR) is 60.2 cm³/mol. The fourth-order valence-corrected chi connectivity index (χ4v) is 2.48. The van der Waals surface area contributed by atoms with E-state index in [1.165, 1.54) is 12.1 Å². The molecule has 2 rings (SSSR count). The molecule has 0 aromatic heterocycles. The fraction of sp³-hybridized carbons (Fsp3) is 0.417. The molecular weight excluding hydrogens is 259 g/mol. The minimum absolute atomic E-state index is 0.100. The Kier molecular flexibility index (Phi) is 3.19. The standard InChI is InChI=1S/C12H12BrFO/c13-11-5-4-10(14)7-9(11)6-8-2-1-3-12(8)15/h4-5,7-8H,1-3,6H2. The number of benzene rings is 1. The zero-order chi connectivity index (χ0) is 10.8. The van der Waals surface area contributed by atoms with Crippen molar-refractivity contribution in [1.29, 1.82) is 0 Å². The van der Waals surface area contributed by atoms with Crippen LogP contribution in [0.2, 0.25) is 0 Å². The molecule has 1 unspecified atom stereocenters. The van der Waals surface area contributed by atoms with Crippen molar-refractivity contribution in [2.45, 2.75) is 25.7 Å². The van der Waals surface area contributed by atoms with Gasteiger partial charge in [-0.2, -0.15) is 0 Å². The smallest absolute Gasteiger partial charge is 0.136 e. The first-order valence-corrected chi connectivity index (χ1v) is 5.93. The van der Waals surface area contributed by atoms with Crippen LogP contribution in [-0.4, -0.2) is 5.78 Å². The molecule has 0 radical (unpaired) electrons. The Balaban J connectivity index is 2.16. The van der Waals surface area contributed by atoms with Crippen molar-refractivity contribution < 1.29 is 9.18 Å². The SMILES string of the molecule is O=C1CCCC1Cc1cc(F)ccc1Br. The van der Waals surface area contributed by atoms with E-state index in [-0.39, 0.29) is 11.7 Å². The van der Waals surface area contributed by atoms with E-state index in [9.17, 15) is 9.18 Å². The highest BCUT2D eigenvalue weighted by Gasteiger charge is 2.25. The minimum Gasteiger partial charge on any atom is -0.299 e. The molecule has 1 aliphatic rings. The van der Waals surface area contributed by atoms with Crippen molar-refractivity contribution in [3.8, 4) is 0 Å². The van der Waals surface area contributed by atoms with Crippen LogP contribution in [0.3, 0.4) is 0 Å². The molecule has 1 nitrogen and oxygen atoms in total. The Labute approximate surface area is 96.8 Å². The maximum atomic E-state index is 13.0. The second-order valence-corrected chi connectivity index (χ2v) is 4.85. The second-order valence-electron chi connectivity index (χ2n) is 4.00. The molecule has 0 heterocycles. The summed E-state index contributed by atoms with van der Waals surface area (Å²) >= 11 is 3.38. The number of hydrogen-bond acceptors (Lipinski definition) is 1. The van der Waals surface area contributed by atoms with E-state index in [1.807, 2.05) is 0 Å². The lowest BCUT2D eigenvalue weighted by Gasteiger charge is -2.09. The van der Waals surface area contributed by atoms with E-state index in [1.54, 1.807) is 6.07 Å². The highest BCUT2D eigenvalue weighted by atomic mass is 79.9. The van der Waals surface area contributed by atoms with Crippen molar-refractivity contribution in [3.05, 3.63) is 34.1 Å². The summed E-state index contributed by atoms with van der Waals surface area (Å²) in [5, 5.41) is 0. The Morgan fingerprint density at radius 1 is 1.47 bits per heavy atom. The van der Waals surface area contributed by atoms with Gasteiger partial charge in [-0.15, -0.1) is 0 Å². The van der Waals surface area contributed by atoms with Gasteiger partial charge in [0.2, 0.25) is 0 Å². The lowest BCUT2D eigenvalue weighted by molar-refractivity contribution is -0.120. The number of Topliss-reactive ketones (excluding diaryl/α,β-unsaturated/α-hetero) is 1. The molecule has 1 atom stereocenters. The first-order valence-electron chi connectivity index (χ1n) is 5.13. The Morgan fingerprint density at radius 2 is 2.27 bits per heavy atom. The summed E-state index contributed by atoms with van der Waals surface area (Å²) < 4.78 is 13.9. The van der Waals surface area contributed by atoms with Crippen LogP contribution in [0, 0.1) is 11.7 Å². The summed E-state index contributed by atoms with van der Waals surface area (Å²) in [6, 6.07) is 4.63. The van der Waals surface area contributed by atoms with Crippen molar-refractivity contribution >= 4 is 21.7 Å². The van der Waals surface area contributed by atoms with E-state index >= 15 is 0 Å². The minimum atomic E-state index is -0.237. The van der Waals surface area contributed by atoms with Gasteiger partial charge < -0.3 is 0 Å². The van der Waals surface area contributed by atoms with E-state index in [0.717, 1.165) is 22.9 Å². The average molecular weight is 271 g/mol. The van der Waals surface area contributed by atoms with Crippen molar-refractivity contribution in [2.24, 2.45) is 5.92 Å². The predicted octanol–water partition coefficient (Wildman–Crippen LogP) is 3.50. The first kappa shape index (κ1) is 10.8. The quantitative estimate of drug-likeness (QED) is 0.804. The summed E-state index contributed by atoms with van der Waals surface area (Å²) in [6.45, 7) is 0. The summed E-state index contributed by atoms with van der Waals surface area (Å²) in [6.07, 6.45) is 3.28. The molecule has 0 bridgehead atoms. The first-order chi connectivity index (χ1) is 7.16. The molecular formula is C12H12BrFO. The Bertz CT molecular complexity index is 389. The zero-order valence-corrected chi connectivity index (χ0v) is 9.89. The van der Waals surface area contributed by atoms with Crippen LogP contribution in [0.25, 0.3) is 0 Å². The molecule has 0 N–H and O–H groups in total. The molecule has 0 saturated heterocycles. The van der Waals surface area contributed by atoms with Gasteiger partial charge in [0.1, 0.15) is 11.6 Å². The van der Waals surface area contributed by atoms with Gasteiger partial charge >= 0.3 is 0 Å². The van der Waals surface area contributed by atoms with Gasteiger partial charge in [0.15, 0.2) is 0 Å². The normalized spacial score (nSPS) is 20.9. The number of ketones is 1. The van der Waals surface area contributed by atoms with Crippen LogP contribution >= 0.6 is 15.9 Å². The summed E-state index contributed by atoms with van der Waals surface area (Å²) in [7, 11) is 0. The molecule has 0 aliphatic heterocycles. The zero-order valence-electron chi connectivity index (χ0n) is 8.30. The largest absolute Gasteiger partial charge is 0.299 e. The number of halogens is 2. The van der Waals surface area contributed by atoms with E-state index in [4.69, 9.17) is 0 Å². The summed E-state index contributed by atoms with van der Waals surface area (Å²) in [4.78, 5) is 11.5. The van der Waals surface area contributed by atoms with Crippen LogP contribution in [0.4, 0.5) is 4.39 Å². The lowest BCUT2D eigenvalue weighted by atomic mass is 9.97. The van der Waals surface area contributed by atoms with Crippen molar-refractivity contribution in [3.63, 3.8) is 0 Å². The third-order valence-electron chi connectivity index (χ3n) is 2.91. The lowest BCUT2D eigenvalue weighted by Crippen LogP contribution is -2.10. The summed E-state index contributed by atoms with van der Waals surface area (Å²) in [5.74, 6) is 0.188. The van der Waals surface area contributed by atoms with Crippen LogP contribution in [0.5, 0.6) is 0 Å². The number of rotatable bonds is 2. The van der Waals surface area contributed by atoms with Gasteiger partial charge in [0.25, 0.3) is 0 Å².